The first-order valence-electron chi connectivity index (χ1n) is 12.6. The highest BCUT2D eigenvalue weighted by molar-refractivity contribution is 7.89. The Morgan fingerprint density at radius 2 is 1.48 bits per heavy atom. The van der Waals surface area contributed by atoms with Gasteiger partial charge in [0.25, 0.3) is 0 Å². The minimum atomic E-state index is -4.28. The van der Waals surface area contributed by atoms with Crippen molar-refractivity contribution in [1.82, 2.24) is 9.21 Å². The lowest BCUT2D eigenvalue weighted by Crippen LogP contribution is -2.59. The number of nitrogens with zero attached hydrogens (tertiary/aromatic N) is 3. The minimum Gasteiger partial charge on any atom is -0.443 e. The van der Waals surface area contributed by atoms with Crippen molar-refractivity contribution in [2.75, 3.05) is 19.4 Å². The summed E-state index contributed by atoms with van der Waals surface area (Å²) in [6, 6.07) is 14.7. The zero-order valence-corrected chi connectivity index (χ0v) is 24.6. The second kappa shape index (κ2) is 11.5. The maximum Gasteiger partial charge on any atom is 0.427 e. The Balaban J connectivity index is 2.20. The van der Waals surface area contributed by atoms with E-state index in [0.717, 1.165) is 12.6 Å². The van der Waals surface area contributed by atoms with E-state index in [0.29, 0.717) is 9.21 Å². The number of halogens is 1. The molecule has 40 heavy (non-hydrogen) atoms. The molecule has 2 aromatic carbocycles. The number of amides is 2. The maximum atomic E-state index is 15.3. The average Bonchev–Trinajstić information content (AvgIpc) is 2.80. The molecule has 0 fully saturated rings. The number of carbonyl (C=O) groups is 2. The van der Waals surface area contributed by atoms with Crippen LogP contribution in [-0.2, 0) is 36.4 Å². The Hall–Kier alpha value is -3.51. The van der Waals surface area contributed by atoms with Gasteiger partial charge in [0.2, 0.25) is 16.0 Å². The van der Waals surface area contributed by atoms with Crippen molar-refractivity contribution in [1.29, 1.82) is 0 Å². The van der Waals surface area contributed by atoms with Crippen LogP contribution in [0.3, 0.4) is 0 Å². The highest BCUT2D eigenvalue weighted by atomic mass is 32.2. The molecule has 1 atom stereocenters. The van der Waals surface area contributed by atoms with Gasteiger partial charge in [0, 0.05) is 12.6 Å². The van der Waals surface area contributed by atoms with Crippen molar-refractivity contribution < 1.29 is 36.6 Å². The Labute approximate surface area is 234 Å². The monoisotopic (exact) mass is 577 g/mol. The molecule has 2 amide bonds. The third-order valence-corrected chi connectivity index (χ3v) is 7.45. The predicted molar refractivity (Wildman–Crippen MR) is 147 cm³/mol. The van der Waals surface area contributed by atoms with E-state index in [-0.39, 0.29) is 18.8 Å². The van der Waals surface area contributed by atoms with Crippen molar-refractivity contribution in [3.63, 3.8) is 0 Å². The molecular weight excluding hydrogens is 541 g/mol. The summed E-state index contributed by atoms with van der Waals surface area (Å²) >= 11 is 0. The van der Waals surface area contributed by atoms with Crippen molar-refractivity contribution >= 4 is 28.2 Å². The number of hydrogen-bond acceptors (Lipinski definition) is 8. The second-order valence-electron chi connectivity index (χ2n) is 11.4. The summed E-state index contributed by atoms with van der Waals surface area (Å²) in [7, 11) is -3.13. The Bertz CT molecular complexity index is 1340. The molecule has 218 valence electrons. The molecule has 0 aliphatic carbocycles. The molecule has 10 nitrogen and oxygen atoms in total. The summed E-state index contributed by atoms with van der Waals surface area (Å²) in [6.45, 7) is 9.22. The fourth-order valence-electron chi connectivity index (χ4n) is 3.90. The van der Waals surface area contributed by atoms with Crippen LogP contribution in [0.15, 0.2) is 59.6 Å². The number of aliphatic imine (C=N–C) groups is 1. The van der Waals surface area contributed by atoms with Crippen molar-refractivity contribution in [2.24, 2.45) is 4.99 Å². The van der Waals surface area contributed by atoms with Crippen LogP contribution in [0.1, 0.15) is 52.7 Å². The molecule has 1 unspecified atom stereocenters. The predicted octanol–water partition coefficient (Wildman–Crippen LogP) is 5.04. The van der Waals surface area contributed by atoms with Gasteiger partial charge in [-0.2, -0.15) is 0 Å². The molecule has 0 saturated heterocycles. The van der Waals surface area contributed by atoms with Gasteiger partial charge < -0.3 is 14.2 Å². The van der Waals surface area contributed by atoms with E-state index >= 15 is 4.39 Å². The fourth-order valence-corrected chi connectivity index (χ4v) is 5.37. The summed E-state index contributed by atoms with van der Waals surface area (Å²) in [5.41, 5.74) is -3.24. The van der Waals surface area contributed by atoms with Crippen LogP contribution in [0.2, 0.25) is 0 Å². The maximum absolute atomic E-state index is 15.3. The SMILES string of the molecule is CN1C(N(C(=O)OC(C)(C)C)C(=O)OC(C)(C)C)=NC(COCc2ccccc2)(c2ccccc2F)CS1(=O)=O. The third-order valence-electron chi connectivity index (χ3n) is 5.61. The third kappa shape index (κ3) is 7.57. The lowest BCUT2D eigenvalue weighted by Gasteiger charge is -2.40. The number of sulfonamides is 1. The molecule has 1 heterocycles. The molecular formula is C28H36FN3O7S. The first-order chi connectivity index (χ1) is 18.4. The van der Waals surface area contributed by atoms with Gasteiger partial charge in [0.1, 0.15) is 28.3 Å². The lowest BCUT2D eigenvalue weighted by molar-refractivity contribution is 0.0128. The zero-order chi connectivity index (χ0) is 29.9. The number of carbonyl (C=O) groups excluding carboxylic acids is 2. The fraction of sp³-hybridized carbons (Fsp3) is 0.464. The molecule has 3 rings (SSSR count). The summed E-state index contributed by atoms with van der Waals surface area (Å²) in [4.78, 5) is 31.7. The van der Waals surface area contributed by atoms with Crippen LogP contribution < -0.4 is 0 Å². The zero-order valence-electron chi connectivity index (χ0n) is 23.8. The van der Waals surface area contributed by atoms with Crippen LogP contribution in [-0.4, -0.2) is 66.4 Å². The van der Waals surface area contributed by atoms with Gasteiger partial charge in [0.15, 0.2) is 0 Å². The Morgan fingerprint density at radius 3 is 2.00 bits per heavy atom. The van der Waals surface area contributed by atoms with Crippen molar-refractivity contribution in [3.8, 4) is 0 Å². The van der Waals surface area contributed by atoms with Gasteiger partial charge in [-0.1, -0.05) is 48.5 Å². The topological polar surface area (TPSA) is 115 Å². The standard InChI is InChI=1S/C28H36FN3O7S/c1-26(2,3)38-24(33)32(25(34)39-27(4,5)6)23-30-28(19-40(35,36)31(23)7,21-15-11-12-16-22(21)29)18-37-17-20-13-9-8-10-14-20/h8-16H,17-19H2,1-7H3. The quantitative estimate of drug-likeness (QED) is 0.489. The second-order valence-corrected chi connectivity index (χ2v) is 13.4. The van der Waals surface area contributed by atoms with E-state index in [1.165, 1.54) is 24.3 Å². The highest BCUT2D eigenvalue weighted by Gasteiger charge is 2.50. The van der Waals surface area contributed by atoms with Gasteiger partial charge in [-0.25, -0.2) is 31.7 Å². The Kier molecular flexibility index (Phi) is 8.95. The van der Waals surface area contributed by atoms with Crippen LogP contribution in [0.5, 0.6) is 0 Å². The van der Waals surface area contributed by atoms with Gasteiger partial charge in [0.05, 0.1) is 13.2 Å². The number of rotatable bonds is 5. The average molecular weight is 578 g/mol. The minimum absolute atomic E-state index is 0.0782. The van der Waals surface area contributed by atoms with E-state index in [1.807, 2.05) is 30.3 Å². The molecule has 0 bridgehead atoms. The normalized spacial score (nSPS) is 19.0. The molecule has 0 aromatic heterocycles. The van der Waals surface area contributed by atoms with E-state index in [9.17, 15) is 18.0 Å². The largest absolute Gasteiger partial charge is 0.443 e. The molecule has 0 saturated carbocycles. The van der Waals surface area contributed by atoms with E-state index in [1.54, 1.807) is 41.5 Å². The Morgan fingerprint density at radius 1 is 0.950 bits per heavy atom. The number of ether oxygens (including phenoxy) is 3. The summed E-state index contributed by atoms with van der Waals surface area (Å²) in [5, 5.41) is 0. The van der Waals surface area contributed by atoms with Crippen LogP contribution >= 0.6 is 0 Å². The molecule has 0 radical (unpaired) electrons. The molecule has 0 N–H and O–H groups in total. The highest BCUT2D eigenvalue weighted by Crippen LogP contribution is 2.36. The molecule has 12 heteroatoms. The molecule has 2 aromatic rings. The van der Waals surface area contributed by atoms with Gasteiger partial charge >= 0.3 is 12.2 Å². The van der Waals surface area contributed by atoms with Crippen LogP contribution in [0.4, 0.5) is 14.0 Å². The van der Waals surface area contributed by atoms with Crippen LogP contribution in [0, 0.1) is 5.82 Å². The smallest absolute Gasteiger partial charge is 0.427 e. The molecule has 1 aliphatic rings. The summed E-state index contributed by atoms with van der Waals surface area (Å²) in [6.07, 6.45) is -2.42. The number of imide groups is 1. The first-order valence-corrected chi connectivity index (χ1v) is 14.2. The van der Waals surface area contributed by atoms with Crippen LogP contribution in [0.25, 0.3) is 0 Å². The summed E-state index contributed by atoms with van der Waals surface area (Å²) in [5.74, 6) is -2.03. The number of guanidine groups is 1. The number of hydrogen-bond donors (Lipinski definition) is 0. The van der Waals surface area contributed by atoms with E-state index in [4.69, 9.17) is 14.2 Å². The van der Waals surface area contributed by atoms with Gasteiger partial charge in [-0.15, -0.1) is 4.90 Å². The van der Waals surface area contributed by atoms with Gasteiger partial charge in [-0.3, -0.25) is 0 Å². The summed E-state index contributed by atoms with van der Waals surface area (Å²) < 4.78 is 59.9. The van der Waals surface area contributed by atoms with Crippen molar-refractivity contribution in [3.05, 3.63) is 71.5 Å². The molecule has 0 spiro atoms. The lowest BCUT2D eigenvalue weighted by atomic mass is 9.92. The number of benzene rings is 2. The first kappa shape index (κ1) is 31.0. The van der Waals surface area contributed by atoms with Crippen molar-refractivity contribution in [2.45, 2.75) is 64.9 Å². The van der Waals surface area contributed by atoms with E-state index in [2.05, 4.69) is 4.99 Å². The van der Waals surface area contributed by atoms with E-state index < -0.39 is 56.5 Å². The van der Waals surface area contributed by atoms with Gasteiger partial charge in [-0.05, 0) is 53.2 Å². The molecule has 1 aliphatic heterocycles.